The van der Waals surface area contributed by atoms with Gasteiger partial charge in [0.25, 0.3) is 0 Å². The number of ether oxygens (including phenoxy) is 1. The quantitative estimate of drug-likeness (QED) is 0.699. The lowest BCUT2D eigenvalue weighted by Crippen LogP contribution is -2.46. The topological polar surface area (TPSA) is 94.1 Å². The first-order valence-electron chi connectivity index (χ1n) is 6.84. The van der Waals surface area contributed by atoms with Gasteiger partial charge in [-0.25, -0.2) is 4.79 Å². The highest BCUT2D eigenvalue weighted by atomic mass is 31.2. The fourth-order valence-electron chi connectivity index (χ4n) is 1.73. The van der Waals surface area contributed by atoms with E-state index in [2.05, 4.69) is 5.32 Å². The number of carbonyl (C=O) groups excluding carboxylic acids is 1. The predicted octanol–water partition coefficient (Wildman–Crippen LogP) is 2.73. The van der Waals surface area contributed by atoms with Crippen molar-refractivity contribution >= 4 is 13.7 Å². The van der Waals surface area contributed by atoms with Gasteiger partial charge in [-0.15, -0.1) is 0 Å². The van der Waals surface area contributed by atoms with Gasteiger partial charge in [-0.3, -0.25) is 4.57 Å². The van der Waals surface area contributed by atoms with Crippen LogP contribution < -0.4 is 5.32 Å². The number of nitrogens with one attached hydrogen (secondary N) is 1. The normalized spacial score (nSPS) is 15.7. The molecule has 0 saturated heterocycles. The van der Waals surface area contributed by atoms with Gasteiger partial charge in [0, 0.05) is 14.2 Å². The van der Waals surface area contributed by atoms with E-state index in [1.165, 1.54) is 14.2 Å². The molecule has 0 fully saturated rings. The fourth-order valence-corrected chi connectivity index (χ4v) is 2.95. The zero-order valence-electron chi connectivity index (χ0n) is 13.9. The summed E-state index contributed by atoms with van der Waals surface area (Å²) in [6.07, 6.45) is -0.289. The number of amides is 1. The van der Waals surface area contributed by atoms with Crippen LogP contribution in [0.5, 0.6) is 0 Å². The van der Waals surface area contributed by atoms with Gasteiger partial charge in [0.15, 0.2) is 5.85 Å². The Labute approximate surface area is 126 Å². The van der Waals surface area contributed by atoms with Gasteiger partial charge in [0.1, 0.15) is 5.60 Å². The van der Waals surface area contributed by atoms with Gasteiger partial charge in [0.05, 0.1) is 6.04 Å². The molecule has 0 aliphatic rings. The fraction of sp³-hybridized carbons (Fsp3) is 0.923. The molecular formula is C13H28NO6P. The molecule has 1 amide bonds. The third-order valence-corrected chi connectivity index (χ3v) is 4.65. The summed E-state index contributed by atoms with van der Waals surface area (Å²) < 4.78 is 27.0. The van der Waals surface area contributed by atoms with E-state index in [0.717, 1.165) is 0 Å². The summed E-state index contributed by atoms with van der Waals surface area (Å²) in [5.74, 6) is -1.32. The third kappa shape index (κ3) is 7.27. The molecule has 2 N–H and O–H groups in total. The maximum atomic E-state index is 12.3. The standard InChI is InChI=1S/C13H28NO6P/c1-9(2)8-10(11(15)21(17,18-6)19-7)14-12(16)20-13(3,4)5/h9-11,15H,8H2,1-7H3,(H,14,16)/t10-,11-/m0/s1. The average Bonchev–Trinajstić information content (AvgIpc) is 2.33. The van der Waals surface area contributed by atoms with Crippen molar-refractivity contribution in [3.63, 3.8) is 0 Å². The second kappa shape index (κ2) is 8.13. The first-order valence-corrected chi connectivity index (χ1v) is 8.45. The van der Waals surface area contributed by atoms with Gasteiger partial charge in [-0.1, -0.05) is 13.8 Å². The van der Waals surface area contributed by atoms with E-state index in [0.29, 0.717) is 6.42 Å². The minimum Gasteiger partial charge on any atom is -0.444 e. The molecule has 0 saturated carbocycles. The van der Waals surface area contributed by atoms with Crippen LogP contribution in [0.3, 0.4) is 0 Å². The smallest absolute Gasteiger partial charge is 0.407 e. The lowest BCUT2D eigenvalue weighted by atomic mass is 10.0. The predicted molar refractivity (Wildman–Crippen MR) is 80.2 cm³/mol. The average molecular weight is 325 g/mol. The van der Waals surface area contributed by atoms with Crippen LogP contribution in [0.1, 0.15) is 41.0 Å². The maximum Gasteiger partial charge on any atom is 0.407 e. The molecule has 0 aromatic heterocycles. The zero-order valence-corrected chi connectivity index (χ0v) is 14.8. The molecule has 7 nitrogen and oxygen atoms in total. The van der Waals surface area contributed by atoms with Crippen LogP contribution in [0.2, 0.25) is 0 Å². The van der Waals surface area contributed by atoms with Crippen LogP contribution in [-0.2, 0) is 18.3 Å². The van der Waals surface area contributed by atoms with Crippen LogP contribution >= 0.6 is 7.60 Å². The Morgan fingerprint density at radius 2 is 1.71 bits per heavy atom. The zero-order chi connectivity index (χ0) is 16.8. The van der Waals surface area contributed by atoms with Gasteiger partial charge in [-0.05, 0) is 33.1 Å². The van der Waals surface area contributed by atoms with Gasteiger partial charge in [0.2, 0.25) is 0 Å². The van der Waals surface area contributed by atoms with Crippen molar-refractivity contribution < 1.29 is 28.3 Å². The van der Waals surface area contributed by atoms with E-state index in [1.807, 2.05) is 13.8 Å². The van der Waals surface area contributed by atoms with E-state index in [-0.39, 0.29) is 5.92 Å². The monoisotopic (exact) mass is 325 g/mol. The lowest BCUT2D eigenvalue weighted by Gasteiger charge is -2.30. The Bertz CT molecular complexity index is 371. The van der Waals surface area contributed by atoms with Crippen molar-refractivity contribution in [1.29, 1.82) is 0 Å². The van der Waals surface area contributed by atoms with Crippen molar-refractivity contribution in [1.82, 2.24) is 5.32 Å². The summed E-state index contributed by atoms with van der Waals surface area (Å²) in [4.78, 5) is 11.8. The highest BCUT2D eigenvalue weighted by Crippen LogP contribution is 2.52. The summed E-state index contributed by atoms with van der Waals surface area (Å²) in [6.45, 7) is 9.03. The summed E-state index contributed by atoms with van der Waals surface area (Å²) >= 11 is 0. The van der Waals surface area contributed by atoms with E-state index in [1.54, 1.807) is 20.8 Å². The summed E-state index contributed by atoms with van der Waals surface area (Å²) in [7, 11) is -1.33. The molecule has 0 heterocycles. The Kier molecular flexibility index (Phi) is 7.89. The molecule has 0 aliphatic carbocycles. The maximum absolute atomic E-state index is 12.3. The second-order valence-corrected chi connectivity index (χ2v) is 8.54. The SMILES string of the molecule is COP(=O)(OC)[C@H](O)[C@H](CC(C)C)NC(=O)OC(C)(C)C. The van der Waals surface area contributed by atoms with Crippen LogP contribution in [0.25, 0.3) is 0 Å². The van der Waals surface area contributed by atoms with Gasteiger partial charge >= 0.3 is 13.7 Å². The number of aliphatic hydroxyl groups is 1. The largest absolute Gasteiger partial charge is 0.444 e. The molecule has 0 aliphatic heterocycles. The molecular weight excluding hydrogens is 297 g/mol. The highest BCUT2D eigenvalue weighted by Gasteiger charge is 2.40. The molecule has 0 aromatic carbocycles. The second-order valence-electron chi connectivity index (χ2n) is 6.20. The van der Waals surface area contributed by atoms with Crippen molar-refractivity contribution in [3.8, 4) is 0 Å². The van der Waals surface area contributed by atoms with Crippen LogP contribution in [0, 0.1) is 5.92 Å². The summed E-state index contributed by atoms with van der Waals surface area (Å²) in [5.41, 5.74) is -0.663. The van der Waals surface area contributed by atoms with Crippen molar-refractivity contribution in [2.24, 2.45) is 5.92 Å². The molecule has 0 bridgehead atoms. The van der Waals surface area contributed by atoms with Crippen molar-refractivity contribution in [2.75, 3.05) is 14.2 Å². The van der Waals surface area contributed by atoms with Crippen LogP contribution in [0.15, 0.2) is 0 Å². The Hall–Kier alpha value is -0.620. The number of carbonyl (C=O) groups is 1. The highest BCUT2D eigenvalue weighted by molar-refractivity contribution is 7.54. The number of rotatable bonds is 7. The molecule has 0 radical (unpaired) electrons. The van der Waals surface area contributed by atoms with E-state index in [4.69, 9.17) is 13.8 Å². The number of aliphatic hydroxyl groups excluding tert-OH is 1. The lowest BCUT2D eigenvalue weighted by molar-refractivity contribution is 0.0441. The summed E-state index contributed by atoms with van der Waals surface area (Å²) in [6, 6.07) is -0.800. The Balaban J connectivity index is 5.04. The molecule has 0 aromatic rings. The molecule has 8 heteroatoms. The minimum absolute atomic E-state index is 0.154. The first kappa shape index (κ1) is 20.4. The molecule has 126 valence electrons. The summed E-state index contributed by atoms with van der Waals surface area (Å²) in [5, 5.41) is 12.8. The molecule has 0 rings (SSSR count). The molecule has 2 atom stereocenters. The molecule has 0 spiro atoms. The third-order valence-electron chi connectivity index (χ3n) is 2.62. The van der Waals surface area contributed by atoms with Crippen LogP contribution in [-0.4, -0.2) is 42.9 Å². The van der Waals surface area contributed by atoms with E-state index in [9.17, 15) is 14.5 Å². The van der Waals surface area contributed by atoms with Gasteiger partial charge < -0.3 is 24.2 Å². The molecule has 0 unspecified atom stereocenters. The van der Waals surface area contributed by atoms with E-state index < -0.39 is 31.2 Å². The number of alkyl carbamates (subject to hydrolysis) is 1. The Morgan fingerprint density at radius 3 is 2.05 bits per heavy atom. The van der Waals surface area contributed by atoms with Gasteiger partial charge in [-0.2, -0.15) is 0 Å². The van der Waals surface area contributed by atoms with Crippen molar-refractivity contribution in [3.05, 3.63) is 0 Å². The molecule has 21 heavy (non-hydrogen) atoms. The minimum atomic E-state index is -3.71. The van der Waals surface area contributed by atoms with Crippen molar-refractivity contribution in [2.45, 2.75) is 58.5 Å². The first-order chi connectivity index (χ1) is 9.45. The van der Waals surface area contributed by atoms with E-state index >= 15 is 0 Å². The number of hydrogen-bond donors (Lipinski definition) is 2. The van der Waals surface area contributed by atoms with Crippen LogP contribution in [0.4, 0.5) is 4.79 Å². The Morgan fingerprint density at radius 1 is 1.24 bits per heavy atom. The number of hydrogen-bond acceptors (Lipinski definition) is 6.